The summed E-state index contributed by atoms with van der Waals surface area (Å²) >= 11 is 0. The second-order valence-corrected chi connectivity index (χ2v) is 21.3. The molecule has 4 nitrogen and oxygen atoms in total. The lowest BCUT2D eigenvalue weighted by Gasteiger charge is -2.30. The summed E-state index contributed by atoms with van der Waals surface area (Å²) in [6.45, 7) is 0. The zero-order valence-corrected chi connectivity index (χ0v) is 35.5. The van der Waals surface area contributed by atoms with Crippen molar-refractivity contribution in [1.82, 2.24) is 0 Å². The van der Waals surface area contributed by atoms with Crippen LogP contribution in [-0.2, 0) is 0 Å². The lowest BCUT2D eigenvalue weighted by molar-refractivity contribution is 0.390. The molecule has 1 aliphatic carbocycles. The van der Waals surface area contributed by atoms with Gasteiger partial charge in [0.15, 0.2) is 0 Å². The number of hydrogen-bond acceptors (Lipinski definition) is 4. The van der Waals surface area contributed by atoms with Crippen LogP contribution in [0.5, 0.6) is 0 Å². The molecule has 0 saturated heterocycles. The Labute approximate surface area is 355 Å². The third-order valence-corrected chi connectivity index (χ3v) is 17.9. The van der Waals surface area contributed by atoms with Crippen LogP contribution in [0.25, 0.3) is 11.1 Å². The van der Waals surface area contributed by atoms with Crippen LogP contribution in [0.4, 0.5) is 0 Å². The minimum atomic E-state index is -2.41. The summed E-state index contributed by atoms with van der Waals surface area (Å²) in [5, 5.41) is 4.65. The van der Waals surface area contributed by atoms with E-state index in [4.69, 9.17) is 21.0 Å². The van der Waals surface area contributed by atoms with Crippen molar-refractivity contribution in [2.45, 2.75) is 37.8 Å². The summed E-state index contributed by atoms with van der Waals surface area (Å²) in [5.74, 6) is 4.47. The van der Waals surface area contributed by atoms with Crippen LogP contribution >= 0.6 is 14.1 Å². The maximum atomic E-state index is 7.63. The maximum absolute atomic E-state index is 7.63. The predicted octanol–water partition coefficient (Wildman–Crippen LogP) is 11.2. The Morgan fingerprint density at radius 3 is 1.18 bits per heavy atom. The number of hydrogen-bond donors (Lipinski definition) is 2. The standard InChI is InChI=1S/C54H50N4P2/c55-59(45-27-9-3-10-28-45)37-19-33-47(41-21-5-1-6-22-41)53(59)49-31-15-13-25-43(49)39-57-51-35-17-18-36-52(51)58-40-44-26-14-16-32-50(44)54-48(42-23-7-2-8-24-42)34-20-38-60(54,56)46-29-11-4-12-30-46/h1-16,19-34,37-40,51-52H,17-18,35-36,55-56H2. The second kappa shape index (κ2) is 17.8. The fourth-order valence-corrected chi connectivity index (χ4v) is 14.5. The highest BCUT2D eigenvalue weighted by Gasteiger charge is 2.29. The molecule has 4 atom stereocenters. The molecule has 0 radical (unpaired) electrons. The van der Waals surface area contributed by atoms with Gasteiger partial charge in [-0.1, -0.05) is 207 Å². The number of nitrogens with two attached hydrogens (primary N) is 2. The van der Waals surface area contributed by atoms with E-state index in [1.54, 1.807) is 0 Å². The van der Waals surface area contributed by atoms with E-state index < -0.39 is 14.1 Å². The molecule has 9 rings (SSSR count). The first-order chi connectivity index (χ1) is 29.5. The van der Waals surface area contributed by atoms with Crippen molar-refractivity contribution in [3.8, 4) is 0 Å². The quantitative estimate of drug-likeness (QED) is 0.107. The molecule has 0 aromatic heterocycles. The van der Waals surface area contributed by atoms with Gasteiger partial charge in [-0.15, -0.1) is 0 Å². The maximum Gasteiger partial charge on any atom is 0.0723 e. The number of rotatable bonds is 10. The number of allylic oxidation sites excluding steroid dienone is 6. The fraction of sp³-hybridized carbons (Fsp3) is 0.111. The molecule has 1 saturated carbocycles. The molecule has 60 heavy (non-hydrogen) atoms. The van der Waals surface area contributed by atoms with E-state index in [9.17, 15) is 0 Å². The molecule has 2 heterocycles. The Bertz CT molecular complexity index is 2600. The normalized spacial score (nSPS) is 22.9. The first kappa shape index (κ1) is 39.6. The van der Waals surface area contributed by atoms with Gasteiger partial charge in [-0.05, 0) is 68.5 Å². The van der Waals surface area contributed by atoms with E-state index in [1.165, 1.54) is 10.6 Å². The van der Waals surface area contributed by atoms with Crippen molar-refractivity contribution in [3.63, 3.8) is 0 Å². The van der Waals surface area contributed by atoms with Gasteiger partial charge >= 0.3 is 0 Å². The van der Waals surface area contributed by atoms with Crippen molar-refractivity contribution in [2.24, 2.45) is 21.0 Å². The fourth-order valence-electron chi connectivity index (χ4n) is 8.87. The number of nitrogens with zero attached hydrogens (tertiary/aromatic N) is 2. The summed E-state index contributed by atoms with van der Waals surface area (Å²) in [7, 11) is -4.83. The van der Waals surface area contributed by atoms with E-state index >= 15 is 0 Å². The molecular formula is C54H50N4P2. The highest BCUT2D eigenvalue weighted by Crippen LogP contribution is 2.50. The molecular weight excluding hydrogens is 767 g/mol. The van der Waals surface area contributed by atoms with Crippen LogP contribution < -0.4 is 21.6 Å². The van der Waals surface area contributed by atoms with Crippen molar-refractivity contribution in [3.05, 3.63) is 239 Å². The van der Waals surface area contributed by atoms with Gasteiger partial charge in [0.2, 0.25) is 0 Å². The molecule has 0 amide bonds. The predicted molar refractivity (Wildman–Crippen MR) is 264 cm³/mol. The largest absolute Gasteiger partial charge is 0.304 e. The van der Waals surface area contributed by atoms with E-state index in [0.717, 1.165) is 80.8 Å². The van der Waals surface area contributed by atoms with Crippen molar-refractivity contribution >= 4 is 58.8 Å². The molecule has 3 aliphatic rings. The average Bonchev–Trinajstić information content (AvgIpc) is 3.32. The monoisotopic (exact) mass is 816 g/mol. The van der Waals surface area contributed by atoms with Gasteiger partial charge in [0.05, 0.1) is 12.1 Å². The topological polar surface area (TPSA) is 76.8 Å². The number of aliphatic imine (C=N–C) groups is 2. The Hall–Kier alpha value is -5.86. The van der Waals surface area contributed by atoms with Crippen LogP contribution in [0.15, 0.2) is 216 Å². The van der Waals surface area contributed by atoms with Crippen LogP contribution in [0.1, 0.15) is 59.1 Å². The lowest BCUT2D eigenvalue weighted by atomic mass is 9.90. The molecule has 0 spiro atoms. The third kappa shape index (κ3) is 7.93. The van der Waals surface area contributed by atoms with E-state index in [2.05, 4.69) is 218 Å². The van der Waals surface area contributed by atoms with Crippen LogP contribution in [0.3, 0.4) is 0 Å². The Kier molecular flexibility index (Phi) is 11.7. The minimum Gasteiger partial charge on any atom is -0.304 e. The van der Waals surface area contributed by atoms with Crippen LogP contribution in [-0.4, -0.2) is 35.1 Å². The highest BCUT2D eigenvalue weighted by atomic mass is 31.2. The summed E-state index contributed by atoms with van der Waals surface area (Å²) < 4.78 is 0. The van der Waals surface area contributed by atoms with E-state index in [0.29, 0.717) is 0 Å². The molecule has 4 N–H and O–H groups in total. The van der Waals surface area contributed by atoms with Gasteiger partial charge in [0.25, 0.3) is 0 Å². The molecule has 6 aromatic rings. The molecule has 6 aromatic carbocycles. The van der Waals surface area contributed by atoms with Crippen LogP contribution in [0, 0.1) is 0 Å². The molecule has 296 valence electrons. The number of benzene rings is 6. The Morgan fingerprint density at radius 1 is 0.433 bits per heavy atom. The molecule has 1 fully saturated rings. The van der Waals surface area contributed by atoms with Gasteiger partial charge in [-0.2, -0.15) is 0 Å². The smallest absolute Gasteiger partial charge is 0.0723 e. The average molecular weight is 817 g/mol. The zero-order valence-electron chi connectivity index (χ0n) is 33.7. The van der Waals surface area contributed by atoms with Gasteiger partial charge < -0.3 is 11.0 Å². The highest BCUT2D eigenvalue weighted by molar-refractivity contribution is 7.85. The van der Waals surface area contributed by atoms with Crippen molar-refractivity contribution in [2.75, 3.05) is 0 Å². The SMILES string of the molecule is NP1(c2ccccc2)=C(c2ccccc2C=NC2CCCCC2N=Cc2ccccc2C2=P(N)(c3ccccc3)C=CC=C2c2ccccc2)C(c2ccccc2)=CC=C1. The first-order valence-corrected chi connectivity index (χ1v) is 24.7. The summed E-state index contributed by atoms with van der Waals surface area (Å²) in [6.07, 6.45) is 17.2. The van der Waals surface area contributed by atoms with Gasteiger partial charge in [0, 0.05) is 48.2 Å². The Morgan fingerprint density at radius 2 is 0.783 bits per heavy atom. The summed E-state index contributed by atoms with van der Waals surface area (Å²) in [5.41, 5.74) is 24.3. The summed E-state index contributed by atoms with van der Waals surface area (Å²) in [4.78, 5) is 10.8. The molecule has 2 aliphatic heterocycles. The third-order valence-electron chi connectivity index (χ3n) is 11.9. The van der Waals surface area contributed by atoms with E-state index in [1.807, 2.05) is 0 Å². The van der Waals surface area contributed by atoms with Gasteiger partial charge in [0.1, 0.15) is 0 Å². The molecule has 4 unspecified atom stereocenters. The Balaban J connectivity index is 1.09. The van der Waals surface area contributed by atoms with Gasteiger partial charge in [-0.25, -0.2) is 0 Å². The summed E-state index contributed by atoms with van der Waals surface area (Å²) in [6, 6.07) is 59.8. The van der Waals surface area contributed by atoms with E-state index in [-0.39, 0.29) is 12.1 Å². The van der Waals surface area contributed by atoms with Crippen molar-refractivity contribution < 1.29 is 0 Å². The lowest BCUT2D eigenvalue weighted by Crippen LogP contribution is -2.27. The molecule has 0 bridgehead atoms. The van der Waals surface area contributed by atoms with Crippen molar-refractivity contribution in [1.29, 1.82) is 0 Å². The minimum absolute atomic E-state index is 0.0534. The zero-order chi connectivity index (χ0) is 40.8. The van der Waals surface area contributed by atoms with Gasteiger partial charge in [-0.3, -0.25) is 9.98 Å². The van der Waals surface area contributed by atoms with Crippen LogP contribution in [0.2, 0.25) is 0 Å². The first-order valence-electron chi connectivity index (χ1n) is 20.9. The second-order valence-electron chi connectivity index (χ2n) is 15.6. The molecule has 6 heteroatoms.